The standard InChI is InChI=1S/C13H15OPS/c1-10-9-15(16,13(8-14)11(10)2)12-6-4-3-5-7-12/h3-7,9,14H,8H2,1-2H3. The molecule has 0 amide bonds. The van der Waals surface area contributed by atoms with Gasteiger partial charge in [0.25, 0.3) is 0 Å². The Labute approximate surface area is 102 Å². The molecule has 2 rings (SSSR count). The lowest BCUT2D eigenvalue weighted by Gasteiger charge is -2.18. The number of allylic oxidation sites excluding steroid dienone is 2. The van der Waals surface area contributed by atoms with Crippen LogP contribution in [0.4, 0.5) is 0 Å². The van der Waals surface area contributed by atoms with Crippen molar-refractivity contribution in [2.75, 3.05) is 6.61 Å². The molecule has 16 heavy (non-hydrogen) atoms. The molecular formula is C13H15OPS. The molecule has 0 saturated heterocycles. The fourth-order valence-electron chi connectivity index (χ4n) is 2.03. The van der Waals surface area contributed by atoms with Crippen LogP contribution in [-0.4, -0.2) is 11.7 Å². The molecule has 1 atom stereocenters. The fraction of sp³-hybridized carbons (Fsp3) is 0.231. The summed E-state index contributed by atoms with van der Waals surface area (Å²) in [6, 6.07) is 8.30. The van der Waals surface area contributed by atoms with Crippen molar-refractivity contribution in [3.63, 3.8) is 0 Å². The first kappa shape index (κ1) is 11.8. The summed E-state index contributed by atoms with van der Waals surface area (Å²) in [5.41, 5.74) is 2.39. The molecule has 1 nitrogen and oxygen atoms in total. The van der Waals surface area contributed by atoms with E-state index in [4.69, 9.17) is 11.8 Å². The summed E-state index contributed by atoms with van der Waals surface area (Å²) in [5.74, 6) is 2.18. The van der Waals surface area contributed by atoms with Crippen LogP contribution in [0.15, 0.2) is 52.6 Å². The van der Waals surface area contributed by atoms with Gasteiger partial charge in [-0.2, -0.15) is 0 Å². The average Bonchev–Trinajstić information content (AvgIpc) is 2.52. The molecule has 1 heterocycles. The van der Waals surface area contributed by atoms with Gasteiger partial charge in [-0.05, 0) is 41.4 Å². The second-order valence-corrected chi connectivity index (χ2v) is 8.39. The first-order valence-electron chi connectivity index (χ1n) is 5.26. The number of hydrogen-bond donors (Lipinski definition) is 1. The minimum atomic E-state index is -1.84. The number of rotatable bonds is 2. The van der Waals surface area contributed by atoms with Gasteiger partial charge < -0.3 is 5.11 Å². The lowest BCUT2D eigenvalue weighted by Crippen LogP contribution is -2.05. The lowest BCUT2D eigenvalue weighted by atomic mass is 10.1. The summed E-state index contributed by atoms with van der Waals surface area (Å²) < 4.78 is 0. The fourth-order valence-corrected chi connectivity index (χ4v) is 6.31. The molecule has 0 saturated carbocycles. The first-order valence-corrected chi connectivity index (χ1v) is 8.13. The monoisotopic (exact) mass is 250 g/mol. The zero-order valence-corrected chi connectivity index (χ0v) is 11.2. The average molecular weight is 250 g/mol. The summed E-state index contributed by atoms with van der Waals surface area (Å²) in [6.45, 7) is 4.20. The van der Waals surface area contributed by atoms with Gasteiger partial charge in [-0.1, -0.05) is 42.1 Å². The van der Waals surface area contributed by atoms with Gasteiger partial charge >= 0.3 is 0 Å². The Morgan fingerprint density at radius 3 is 2.38 bits per heavy atom. The molecular weight excluding hydrogens is 235 g/mol. The minimum absolute atomic E-state index is 0.0752. The third kappa shape index (κ3) is 1.71. The predicted molar refractivity (Wildman–Crippen MR) is 73.9 cm³/mol. The van der Waals surface area contributed by atoms with E-state index in [-0.39, 0.29) is 6.61 Å². The van der Waals surface area contributed by atoms with Crippen molar-refractivity contribution in [3.05, 3.63) is 52.6 Å². The molecule has 0 radical (unpaired) electrons. The van der Waals surface area contributed by atoms with Crippen LogP contribution in [0.1, 0.15) is 13.8 Å². The van der Waals surface area contributed by atoms with Gasteiger partial charge in [-0.3, -0.25) is 0 Å². The van der Waals surface area contributed by atoms with Crippen molar-refractivity contribution in [2.24, 2.45) is 0 Å². The van der Waals surface area contributed by atoms with E-state index in [0.717, 1.165) is 5.31 Å². The third-order valence-electron chi connectivity index (χ3n) is 3.09. The summed E-state index contributed by atoms with van der Waals surface area (Å²) >= 11 is 5.82. The molecule has 1 aliphatic rings. The molecule has 84 valence electrons. The Balaban J connectivity index is 2.61. The molecule has 0 bridgehead atoms. The Hall–Kier alpha value is -0.690. The molecule has 0 spiro atoms. The zero-order valence-electron chi connectivity index (χ0n) is 9.47. The molecule has 1 aromatic carbocycles. The van der Waals surface area contributed by atoms with Gasteiger partial charge in [-0.15, -0.1) is 0 Å². The van der Waals surface area contributed by atoms with Crippen LogP contribution in [-0.2, 0) is 11.8 Å². The van der Waals surface area contributed by atoms with E-state index in [0.29, 0.717) is 0 Å². The van der Waals surface area contributed by atoms with Crippen LogP contribution < -0.4 is 5.30 Å². The first-order chi connectivity index (χ1) is 7.59. The molecule has 3 heteroatoms. The minimum Gasteiger partial charge on any atom is -0.392 e. The maximum absolute atomic E-state index is 9.52. The number of hydrogen-bond acceptors (Lipinski definition) is 2. The molecule has 0 aromatic heterocycles. The van der Waals surface area contributed by atoms with Crippen molar-refractivity contribution in [1.82, 2.24) is 0 Å². The van der Waals surface area contributed by atoms with Crippen molar-refractivity contribution in [1.29, 1.82) is 0 Å². The van der Waals surface area contributed by atoms with Crippen molar-refractivity contribution in [3.8, 4) is 0 Å². The van der Waals surface area contributed by atoms with E-state index >= 15 is 0 Å². The Kier molecular flexibility index (Phi) is 3.16. The zero-order chi connectivity index (χ0) is 11.8. The predicted octanol–water partition coefficient (Wildman–Crippen LogP) is 2.98. The summed E-state index contributed by atoms with van der Waals surface area (Å²) in [5, 5.41) is 11.7. The second kappa shape index (κ2) is 4.29. The summed E-state index contributed by atoms with van der Waals surface area (Å²) in [7, 11) is 0. The summed E-state index contributed by atoms with van der Waals surface area (Å²) in [6.07, 6.45) is 0. The Morgan fingerprint density at radius 1 is 1.19 bits per heavy atom. The lowest BCUT2D eigenvalue weighted by molar-refractivity contribution is 0.338. The van der Waals surface area contributed by atoms with Gasteiger partial charge in [0, 0.05) is 6.04 Å². The van der Waals surface area contributed by atoms with E-state index in [1.807, 2.05) is 25.1 Å². The second-order valence-electron chi connectivity index (χ2n) is 4.04. The van der Waals surface area contributed by atoms with Gasteiger partial charge in [0.15, 0.2) is 0 Å². The van der Waals surface area contributed by atoms with E-state index < -0.39 is 6.04 Å². The summed E-state index contributed by atoms with van der Waals surface area (Å²) in [4.78, 5) is 0. The van der Waals surface area contributed by atoms with Crippen LogP contribution >= 0.6 is 6.04 Å². The molecule has 0 fully saturated rings. The maximum Gasteiger partial charge on any atom is 0.0702 e. The van der Waals surface area contributed by atoms with Crippen molar-refractivity contribution in [2.45, 2.75) is 13.8 Å². The highest BCUT2D eigenvalue weighted by Gasteiger charge is 2.29. The van der Waals surface area contributed by atoms with E-state index in [1.54, 1.807) is 0 Å². The largest absolute Gasteiger partial charge is 0.392 e. The normalized spacial score (nSPS) is 24.8. The molecule has 1 unspecified atom stereocenters. The molecule has 0 aliphatic carbocycles. The van der Waals surface area contributed by atoms with Crippen LogP contribution in [0, 0.1) is 0 Å². The molecule has 1 aliphatic heterocycles. The van der Waals surface area contributed by atoms with Crippen LogP contribution in [0.3, 0.4) is 0 Å². The van der Waals surface area contributed by atoms with Crippen LogP contribution in [0.5, 0.6) is 0 Å². The third-order valence-corrected chi connectivity index (χ3v) is 7.80. The Morgan fingerprint density at radius 2 is 1.81 bits per heavy atom. The van der Waals surface area contributed by atoms with Crippen molar-refractivity contribution < 1.29 is 5.11 Å². The highest BCUT2D eigenvalue weighted by atomic mass is 32.4. The van der Waals surface area contributed by atoms with Crippen LogP contribution in [0.2, 0.25) is 0 Å². The van der Waals surface area contributed by atoms with E-state index in [2.05, 4.69) is 24.9 Å². The smallest absolute Gasteiger partial charge is 0.0702 e. The highest BCUT2D eigenvalue weighted by Crippen LogP contribution is 2.61. The SMILES string of the molecule is CC1=CP(=S)(c2ccccc2)C(CO)=C1C. The number of aliphatic hydroxyl groups excluding tert-OH is 1. The highest BCUT2D eigenvalue weighted by molar-refractivity contribution is 8.22. The number of benzene rings is 1. The molecule has 1 aromatic rings. The van der Waals surface area contributed by atoms with E-state index in [9.17, 15) is 5.11 Å². The van der Waals surface area contributed by atoms with Gasteiger partial charge in [-0.25, -0.2) is 0 Å². The van der Waals surface area contributed by atoms with Crippen LogP contribution in [0.25, 0.3) is 0 Å². The quantitative estimate of drug-likeness (QED) is 0.814. The maximum atomic E-state index is 9.52. The van der Waals surface area contributed by atoms with Gasteiger partial charge in [0.1, 0.15) is 0 Å². The topological polar surface area (TPSA) is 20.2 Å². The van der Waals surface area contributed by atoms with Gasteiger partial charge in [0.2, 0.25) is 0 Å². The molecule has 1 N–H and O–H groups in total. The van der Waals surface area contributed by atoms with Crippen molar-refractivity contribution >= 4 is 23.1 Å². The van der Waals surface area contributed by atoms with Gasteiger partial charge in [0.05, 0.1) is 6.61 Å². The van der Waals surface area contributed by atoms with E-state index in [1.165, 1.54) is 16.5 Å². The Bertz CT molecular complexity index is 514. The number of aliphatic hydroxyl groups is 1.